The molecule has 0 unspecified atom stereocenters. The smallest absolute Gasteiger partial charge is 0.328 e. The van der Waals surface area contributed by atoms with Crippen molar-refractivity contribution in [2.24, 2.45) is 14.1 Å². The van der Waals surface area contributed by atoms with Crippen molar-refractivity contribution in [2.75, 3.05) is 0 Å². The molecule has 2 rings (SSSR count). The van der Waals surface area contributed by atoms with Crippen LogP contribution in [0.5, 0.6) is 0 Å². The summed E-state index contributed by atoms with van der Waals surface area (Å²) in [4.78, 5) is 28.7. The standard InChI is InChI=1S/C14H20N4O2/c1-10(2)7-5-6-8-18-13(19)11-12(15-9-16(11)3)17(4)14(18)20/h9H,1,5-8H2,2-4H3. The summed E-state index contributed by atoms with van der Waals surface area (Å²) < 4.78 is 4.37. The van der Waals surface area contributed by atoms with Crippen molar-refractivity contribution in [3.8, 4) is 0 Å². The fraction of sp³-hybridized carbons (Fsp3) is 0.500. The van der Waals surface area contributed by atoms with E-state index >= 15 is 0 Å². The number of nitrogens with zero attached hydrogens (tertiary/aromatic N) is 4. The Bertz CT molecular complexity index is 764. The summed E-state index contributed by atoms with van der Waals surface area (Å²) in [7, 11) is 3.40. The Morgan fingerprint density at radius 1 is 1.30 bits per heavy atom. The van der Waals surface area contributed by atoms with Gasteiger partial charge in [0.1, 0.15) is 0 Å². The second-order valence-corrected chi connectivity index (χ2v) is 5.24. The van der Waals surface area contributed by atoms with Gasteiger partial charge in [0, 0.05) is 20.6 Å². The van der Waals surface area contributed by atoms with Crippen molar-refractivity contribution in [1.29, 1.82) is 0 Å². The van der Waals surface area contributed by atoms with Gasteiger partial charge in [0.15, 0.2) is 11.2 Å². The summed E-state index contributed by atoms with van der Waals surface area (Å²) in [6.45, 7) is 6.26. The Morgan fingerprint density at radius 2 is 2.00 bits per heavy atom. The highest BCUT2D eigenvalue weighted by Gasteiger charge is 2.14. The van der Waals surface area contributed by atoms with E-state index in [2.05, 4.69) is 11.6 Å². The van der Waals surface area contributed by atoms with Crippen LogP contribution in [-0.4, -0.2) is 18.7 Å². The number of allylic oxidation sites excluding steroid dienone is 1. The average molecular weight is 276 g/mol. The summed E-state index contributed by atoms with van der Waals surface area (Å²) in [6.07, 6.45) is 4.18. The normalized spacial score (nSPS) is 11.2. The van der Waals surface area contributed by atoms with E-state index in [0.29, 0.717) is 17.7 Å². The van der Waals surface area contributed by atoms with E-state index in [4.69, 9.17) is 0 Å². The van der Waals surface area contributed by atoms with E-state index in [1.807, 2.05) is 6.92 Å². The van der Waals surface area contributed by atoms with E-state index in [1.54, 1.807) is 25.0 Å². The monoisotopic (exact) mass is 276 g/mol. The molecule has 0 spiro atoms. The molecule has 0 aliphatic carbocycles. The number of aromatic nitrogens is 4. The quantitative estimate of drug-likeness (QED) is 0.608. The van der Waals surface area contributed by atoms with Crippen LogP contribution in [0.25, 0.3) is 11.2 Å². The lowest BCUT2D eigenvalue weighted by atomic mass is 10.1. The first-order valence-corrected chi connectivity index (χ1v) is 6.68. The minimum absolute atomic E-state index is 0.265. The van der Waals surface area contributed by atoms with Crippen molar-refractivity contribution in [2.45, 2.75) is 32.7 Å². The number of rotatable bonds is 5. The number of hydrogen-bond acceptors (Lipinski definition) is 3. The Labute approximate surface area is 117 Å². The highest BCUT2D eigenvalue weighted by atomic mass is 16.2. The zero-order chi connectivity index (χ0) is 14.9. The molecular weight excluding hydrogens is 256 g/mol. The lowest BCUT2D eigenvalue weighted by Crippen LogP contribution is -2.39. The molecule has 0 saturated carbocycles. The zero-order valence-corrected chi connectivity index (χ0v) is 12.2. The Balaban J connectivity index is 2.38. The molecule has 0 bridgehead atoms. The van der Waals surface area contributed by atoms with Crippen LogP contribution in [0.15, 0.2) is 28.1 Å². The van der Waals surface area contributed by atoms with Crippen LogP contribution in [0.4, 0.5) is 0 Å². The summed E-state index contributed by atoms with van der Waals surface area (Å²) in [5.41, 5.74) is 1.44. The van der Waals surface area contributed by atoms with Crippen LogP contribution in [0, 0.1) is 0 Å². The van der Waals surface area contributed by atoms with Crippen LogP contribution >= 0.6 is 0 Å². The predicted octanol–water partition coefficient (Wildman–Crippen LogP) is 1.18. The molecule has 0 atom stereocenters. The second-order valence-electron chi connectivity index (χ2n) is 5.24. The summed E-state index contributed by atoms with van der Waals surface area (Å²) in [5.74, 6) is 0. The number of unbranched alkanes of at least 4 members (excludes halogenated alkanes) is 1. The van der Waals surface area contributed by atoms with Gasteiger partial charge >= 0.3 is 5.69 Å². The molecule has 0 aliphatic rings. The highest BCUT2D eigenvalue weighted by molar-refractivity contribution is 5.69. The van der Waals surface area contributed by atoms with Crippen molar-refractivity contribution in [3.63, 3.8) is 0 Å². The minimum Gasteiger partial charge on any atom is -0.328 e. The Kier molecular flexibility index (Phi) is 3.92. The van der Waals surface area contributed by atoms with Gasteiger partial charge in [-0.05, 0) is 26.2 Å². The van der Waals surface area contributed by atoms with Crippen molar-refractivity contribution < 1.29 is 0 Å². The molecule has 20 heavy (non-hydrogen) atoms. The average Bonchev–Trinajstić information content (AvgIpc) is 2.77. The van der Waals surface area contributed by atoms with E-state index in [-0.39, 0.29) is 11.2 Å². The molecule has 2 aromatic rings. The van der Waals surface area contributed by atoms with Gasteiger partial charge in [-0.1, -0.05) is 5.57 Å². The SMILES string of the molecule is C=C(C)CCCCn1c(=O)c2c(ncn2C)n(C)c1=O. The largest absolute Gasteiger partial charge is 0.332 e. The first-order valence-electron chi connectivity index (χ1n) is 6.68. The van der Waals surface area contributed by atoms with Gasteiger partial charge in [0.05, 0.1) is 6.33 Å². The van der Waals surface area contributed by atoms with Crippen LogP contribution < -0.4 is 11.2 Å². The molecule has 0 aromatic carbocycles. The fourth-order valence-electron chi connectivity index (χ4n) is 2.29. The van der Waals surface area contributed by atoms with Gasteiger partial charge < -0.3 is 4.57 Å². The maximum atomic E-state index is 12.4. The van der Waals surface area contributed by atoms with Gasteiger partial charge in [0.2, 0.25) is 0 Å². The topological polar surface area (TPSA) is 61.8 Å². The van der Waals surface area contributed by atoms with Crippen LogP contribution in [0.2, 0.25) is 0 Å². The minimum atomic E-state index is -0.309. The lowest BCUT2D eigenvalue weighted by molar-refractivity contribution is 0.553. The predicted molar refractivity (Wildman–Crippen MR) is 78.9 cm³/mol. The van der Waals surface area contributed by atoms with E-state index in [1.165, 1.54) is 9.13 Å². The van der Waals surface area contributed by atoms with Crippen molar-refractivity contribution in [1.82, 2.24) is 18.7 Å². The molecule has 108 valence electrons. The van der Waals surface area contributed by atoms with Crippen LogP contribution in [0.3, 0.4) is 0 Å². The molecule has 0 fully saturated rings. The Hall–Kier alpha value is -2.11. The number of hydrogen-bond donors (Lipinski definition) is 0. The third-order valence-electron chi connectivity index (χ3n) is 3.44. The maximum Gasteiger partial charge on any atom is 0.332 e. The molecule has 0 radical (unpaired) electrons. The van der Waals surface area contributed by atoms with E-state index < -0.39 is 0 Å². The van der Waals surface area contributed by atoms with Gasteiger partial charge in [-0.25, -0.2) is 9.78 Å². The first-order chi connectivity index (χ1) is 9.43. The summed E-state index contributed by atoms with van der Waals surface area (Å²) >= 11 is 0. The highest BCUT2D eigenvalue weighted by Crippen LogP contribution is 2.06. The van der Waals surface area contributed by atoms with Crippen LogP contribution in [-0.2, 0) is 20.6 Å². The molecule has 0 N–H and O–H groups in total. The number of imidazole rings is 1. The molecule has 2 heterocycles. The number of aryl methyl sites for hydroxylation is 2. The fourth-order valence-corrected chi connectivity index (χ4v) is 2.29. The molecule has 2 aromatic heterocycles. The lowest BCUT2D eigenvalue weighted by Gasteiger charge is -2.08. The molecule has 0 amide bonds. The van der Waals surface area contributed by atoms with E-state index in [9.17, 15) is 9.59 Å². The molecule has 6 nitrogen and oxygen atoms in total. The maximum absolute atomic E-state index is 12.4. The second kappa shape index (κ2) is 5.48. The number of fused-ring (bicyclic) bond motifs is 1. The van der Waals surface area contributed by atoms with Crippen molar-refractivity contribution in [3.05, 3.63) is 39.3 Å². The molecular formula is C14H20N4O2. The van der Waals surface area contributed by atoms with Gasteiger partial charge in [-0.3, -0.25) is 13.9 Å². The third-order valence-corrected chi connectivity index (χ3v) is 3.44. The first kappa shape index (κ1) is 14.3. The van der Waals surface area contributed by atoms with E-state index in [0.717, 1.165) is 24.8 Å². The van der Waals surface area contributed by atoms with Crippen molar-refractivity contribution >= 4 is 11.2 Å². The van der Waals surface area contributed by atoms with Crippen LogP contribution in [0.1, 0.15) is 26.2 Å². The zero-order valence-electron chi connectivity index (χ0n) is 12.2. The molecule has 6 heteroatoms. The Morgan fingerprint density at radius 3 is 2.65 bits per heavy atom. The van der Waals surface area contributed by atoms with Gasteiger partial charge in [-0.15, -0.1) is 6.58 Å². The molecule has 0 aliphatic heterocycles. The molecule has 0 saturated heterocycles. The summed E-state index contributed by atoms with van der Waals surface area (Å²) in [6, 6.07) is 0. The van der Waals surface area contributed by atoms with Gasteiger partial charge in [0.25, 0.3) is 5.56 Å². The summed E-state index contributed by atoms with van der Waals surface area (Å²) in [5, 5.41) is 0. The van der Waals surface area contributed by atoms with Gasteiger partial charge in [-0.2, -0.15) is 0 Å². The third kappa shape index (κ3) is 2.45.